The molecule has 1 fully saturated rings. The van der Waals surface area contributed by atoms with E-state index < -0.39 is 17.3 Å². The molecule has 0 bridgehead atoms. The average Bonchev–Trinajstić information content (AvgIpc) is 3.58. The van der Waals surface area contributed by atoms with Crippen molar-refractivity contribution >= 4 is 17.3 Å². The van der Waals surface area contributed by atoms with Gasteiger partial charge in [0.1, 0.15) is 0 Å². The first-order valence-electron chi connectivity index (χ1n) is 11.1. The van der Waals surface area contributed by atoms with Crippen molar-refractivity contribution in [1.82, 2.24) is 0 Å². The van der Waals surface area contributed by atoms with Crippen LogP contribution in [-0.2, 0) is 5.41 Å². The third-order valence-corrected chi connectivity index (χ3v) is 7.12. The second-order valence-electron chi connectivity index (χ2n) is 8.71. The van der Waals surface area contributed by atoms with Gasteiger partial charge in [-0.25, -0.2) is 0 Å². The number of carbonyl (C=O) groups excluding carboxylic acids is 3. The molecule has 3 heteroatoms. The van der Waals surface area contributed by atoms with Crippen LogP contribution < -0.4 is 0 Å². The van der Waals surface area contributed by atoms with Gasteiger partial charge >= 0.3 is 0 Å². The Balaban J connectivity index is 1.62. The third kappa shape index (κ3) is 2.66. The van der Waals surface area contributed by atoms with E-state index in [4.69, 9.17) is 0 Å². The van der Waals surface area contributed by atoms with Crippen molar-refractivity contribution in [3.63, 3.8) is 0 Å². The van der Waals surface area contributed by atoms with Crippen LogP contribution in [-0.4, -0.2) is 17.3 Å². The Bertz CT molecular complexity index is 1310. The molecule has 158 valence electrons. The monoisotopic (exact) mass is 428 g/mol. The molecule has 1 spiro atoms. The van der Waals surface area contributed by atoms with Crippen molar-refractivity contribution in [3.8, 4) is 0 Å². The van der Waals surface area contributed by atoms with Gasteiger partial charge in [0.25, 0.3) is 0 Å². The second-order valence-corrected chi connectivity index (χ2v) is 8.71. The van der Waals surface area contributed by atoms with Crippen LogP contribution in [0.5, 0.6) is 0 Å². The molecule has 2 unspecified atom stereocenters. The van der Waals surface area contributed by atoms with Crippen LogP contribution >= 0.6 is 0 Å². The minimum atomic E-state index is -0.860. The molecule has 2 aliphatic carbocycles. The number of fused-ring (bicyclic) bond motifs is 4. The average molecular weight is 428 g/mol. The lowest BCUT2D eigenvalue weighted by Gasteiger charge is -2.29. The number of carbonyl (C=O) groups is 3. The molecule has 0 saturated heterocycles. The van der Waals surface area contributed by atoms with E-state index >= 15 is 0 Å². The Morgan fingerprint density at radius 2 is 0.879 bits per heavy atom. The summed E-state index contributed by atoms with van der Waals surface area (Å²) >= 11 is 0. The highest BCUT2D eigenvalue weighted by Gasteiger charge is 2.74. The minimum absolute atomic E-state index is 0.0597. The van der Waals surface area contributed by atoms with E-state index in [9.17, 15) is 14.4 Å². The van der Waals surface area contributed by atoms with Gasteiger partial charge in [0.15, 0.2) is 17.3 Å². The molecule has 0 aliphatic heterocycles. The topological polar surface area (TPSA) is 51.2 Å². The van der Waals surface area contributed by atoms with Gasteiger partial charge in [-0.05, 0) is 11.1 Å². The SMILES string of the molecule is O=C1c2ccccc2C2(c3ccccc31)C(C(=O)c1ccccc1)C2C(=O)c1ccccc1. The van der Waals surface area contributed by atoms with E-state index in [1.165, 1.54) is 0 Å². The Labute approximate surface area is 191 Å². The zero-order valence-corrected chi connectivity index (χ0v) is 17.8. The van der Waals surface area contributed by atoms with Gasteiger partial charge in [-0.1, -0.05) is 109 Å². The van der Waals surface area contributed by atoms with E-state index in [1.54, 1.807) is 24.3 Å². The minimum Gasteiger partial charge on any atom is -0.294 e. The van der Waals surface area contributed by atoms with Crippen molar-refractivity contribution in [3.05, 3.63) is 143 Å². The molecule has 6 rings (SSSR count). The summed E-state index contributed by atoms with van der Waals surface area (Å²) in [7, 11) is 0. The summed E-state index contributed by atoms with van der Waals surface area (Å²) in [5.74, 6) is -1.35. The molecule has 0 amide bonds. The van der Waals surface area contributed by atoms with E-state index in [1.807, 2.05) is 84.9 Å². The predicted octanol–water partition coefficient (Wildman–Crippen LogP) is 5.53. The van der Waals surface area contributed by atoms with Crippen molar-refractivity contribution in [1.29, 1.82) is 0 Å². The highest BCUT2D eigenvalue weighted by molar-refractivity contribution is 6.18. The van der Waals surface area contributed by atoms with Crippen molar-refractivity contribution in [2.24, 2.45) is 11.8 Å². The lowest BCUT2D eigenvalue weighted by Crippen LogP contribution is -2.29. The summed E-state index contributed by atoms with van der Waals surface area (Å²) in [6.07, 6.45) is 0. The van der Waals surface area contributed by atoms with Gasteiger partial charge in [-0.3, -0.25) is 14.4 Å². The smallest absolute Gasteiger partial charge is 0.193 e. The number of benzene rings is 4. The maximum Gasteiger partial charge on any atom is 0.193 e. The van der Waals surface area contributed by atoms with E-state index in [0.29, 0.717) is 22.3 Å². The summed E-state index contributed by atoms with van der Waals surface area (Å²) in [6, 6.07) is 33.1. The van der Waals surface area contributed by atoms with E-state index in [-0.39, 0.29) is 17.3 Å². The van der Waals surface area contributed by atoms with Gasteiger partial charge < -0.3 is 0 Å². The fraction of sp³-hybridized carbons (Fsp3) is 0.100. The maximum atomic E-state index is 13.9. The van der Waals surface area contributed by atoms with Gasteiger partial charge in [0.05, 0.1) is 0 Å². The summed E-state index contributed by atoms with van der Waals surface area (Å²) in [6.45, 7) is 0. The summed E-state index contributed by atoms with van der Waals surface area (Å²) in [5.41, 5.74) is 3.00. The quantitative estimate of drug-likeness (QED) is 0.402. The molecule has 33 heavy (non-hydrogen) atoms. The van der Waals surface area contributed by atoms with Crippen LogP contribution in [0.2, 0.25) is 0 Å². The first-order chi connectivity index (χ1) is 16.2. The molecule has 4 aromatic rings. The largest absolute Gasteiger partial charge is 0.294 e. The normalized spacial score (nSPS) is 19.5. The van der Waals surface area contributed by atoms with Crippen LogP contribution in [0.1, 0.15) is 47.8 Å². The molecule has 1 saturated carbocycles. The Morgan fingerprint density at radius 3 is 1.30 bits per heavy atom. The molecule has 2 atom stereocenters. The molecule has 2 aliphatic rings. The Hall–Kier alpha value is -4.11. The highest BCUT2D eigenvalue weighted by atomic mass is 16.1. The fourth-order valence-corrected chi connectivity index (χ4v) is 5.71. The van der Waals surface area contributed by atoms with Gasteiger partial charge in [-0.15, -0.1) is 0 Å². The molecule has 0 aromatic heterocycles. The molecule has 0 heterocycles. The first-order valence-corrected chi connectivity index (χ1v) is 11.1. The van der Waals surface area contributed by atoms with E-state index in [0.717, 1.165) is 11.1 Å². The zero-order valence-electron chi connectivity index (χ0n) is 17.8. The molecule has 4 aromatic carbocycles. The molecular formula is C30H20O3. The second kappa shape index (κ2) is 7.21. The van der Waals surface area contributed by atoms with Gasteiger partial charge in [0.2, 0.25) is 0 Å². The first kappa shape index (κ1) is 19.6. The van der Waals surface area contributed by atoms with Crippen LogP contribution in [0, 0.1) is 11.8 Å². The summed E-state index contributed by atoms with van der Waals surface area (Å²) in [5, 5.41) is 0. The van der Waals surface area contributed by atoms with Gasteiger partial charge in [0, 0.05) is 39.5 Å². The van der Waals surface area contributed by atoms with Crippen molar-refractivity contribution in [2.45, 2.75) is 5.41 Å². The molecular weight excluding hydrogens is 408 g/mol. The fourth-order valence-electron chi connectivity index (χ4n) is 5.71. The maximum absolute atomic E-state index is 13.9. The number of hydrogen-bond donors (Lipinski definition) is 0. The highest BCUT2D eigenvalue weighted by Crippen LogP contribution is 2.68. The van der Waals surface area contributed by atoms with Crippen molar-refractivity contribution < 1.29 is 14.4 Å². The molecule has 0 N–H and O–H groups in total. The summed E-state index contributed by atoms with van der Waals surface area (Å²) in [4.78, 5) is 41.1. The van der Waals surface area contributed by atoms with Crippen molar-refractivity contribution in [2.75, 3.05) is 0 Å². The Kier molecular flexibility index (Phi) is 4.27. The third-order valence-electron chi connectivity index (χ3n) is 7.12. The Morgan fingerprint density at radius 1 is 0.515 bits per heavy atom. The predicted molar refractivity (Wildman–Crippen MR) is 126 cm³/mol. The van der Waals surface area contributed by atoms with Crippen LogP contribution in [0.3, 0.4) is 0 Å². The number of Topliss-reactive ketones (excluding diaryl/α,β-unsaturated/α-hetero) is 2. The summed E-state index contributed by atoms with van der Waals surface area (Å²) < 4.78 is 0. The zero-order chi connectivity index (χ0) is 22.6. The van der Waals surface area contributed by atoms with Gasteiger partial charge in [-0.2, -0.15) is 0 Å². The van der Waals surface area contributed by atoms with Crippen LogP contribution in [0.4, 0.5) is 0 Å². The lowest BCUT2D eigenvalue weighted by atomic mass is 9.72. The number of rotatable bonds is 4. The molecule has 0 radical (unpaired) electrons. The number of hydrogen-bond acceptors (Lipinski definition) is 3. The van der Waals surface area contributed by atoms with Crippen LogP contribution in [0.25, 0.3) is 0 Å². The lowest BCUT2D eigenvalue weighted by molar-refractivity contribution is 0.0906. The van der Waals surface area contributed by atoms with Crippen LogP contribution in [0.15, 0.2) is 109 Å². The number of ketones is 3. The molecule has 3 nitrogen and oxygen atoms in total. The standard InChI is InChI=1S/C30H20O3/c31-27(19-11-3-1-4-12-19)25-26(28(32)20-13-5-2-6-14-20)30(25)23-17-9-7-15-21(23)29(33)22-16-8-10-18-24(22)30/h1-18,25-26H. The van der Waals surface area contributed by atoms with E-state index in [2.05, 4.69) is 0 Å².